The van der Waals surface area contributed by atoms with Crippen LogP contribution in [-0.4, -0.2) is 98.3 Å². The van der Waals surface area contributed by atoms with E-state index in [-0.39, 0.29) is 23.7 Å². The summed E-state index contributed by atoms with van der Waals surface area (Å²) in [6.07, 6.45) is 3.23. The van der Waals surface area contributed by atoms with Gasteiger partial charge in [-0.05, 0) is 117 Å². The monoisotopic (exact) mass is 927 g/mol. The Kier molecular flexibility index (Phi) is 17.6. The number of nitrogens with one attached hydrogen (secondary N) is 3. The number of nitro benzene ring substituents is 1. The molecule has 1 atom stereocenters. The number of sulfonamides is 1. The summed E-state index contributed by atoms with van der Waals surface area (Å²) < 4.78 is 29.1. The first-order chi connectivity index (χ1) is 30.9. The number of hydrogen-bond donors (Lipinski definition) is 4. The summed E-state index contributed by atoms with van der Waals surface area (Å²) in [4.78, 5) is 43.7. The average Bonchev–Trinajstić information content (AvgIpc) is 3.30. The summed E-state index contributed by atoms with van der Waals surface area (Å²) >= 11 is 7.73. The van der Waals surface area contributed by atoms with Crippen LogP contribution in [0.3, 0.4) is 0 Å². The molecule has 1 heterocycles. The fraction of sp³-hybridized carbons (Fsp3) is 0.319. The highest BCUT2D eigenvalue weighted by Crippen LogP contribution is 2.31. The van der Waals surface area contributed by atoms with Gasteiger partial charge in [0.15, 0.2) is 0 Å². The molecule has 1 saturated heterocycles. The molecule has 1 unspecified atom stereocenters. The van der Waals surface area contributed by atoms with E-state index >= 15 is 0 Å². The van der Waals surface area contributed by atoms with Gasteiger partial charge in [-0.1, -0.05) is 72.6 Å². The fourth-order valence-electron chi connectivity index (χ4n) is 7.51. The summed E-state index contributed by atoms with van der Waals surface area (Å²) in [5, 5.41) is 25.1. The van der Waals surface area contributed by atoms with Gasteiger partial charge in [-0.15, -0.1) is 11.8 Å². The molecule has 0 radical (unpaired) electrons. The Labute approximate surface area is 384 Å². The third-order valence-electron chi connectivity index (χ3n) is 11.1. The van der Waals surface area contributed by atoms with Crippen molar-refractivity contribution in [3.8, 4) is 11.1 Å². The first kappa shape index (κ1) is 48.0. The molecule has 4 N–H and O–H groups in total. The number of amides is 2. The number of carbonyl (C=O) groups excluding carboxylic acids is 2. The van der Waals surface area contributed by atoms with Crippen LogP contribution >= 0.6 is 23.4 Å². The van der Waals surface area contributed by atoms with Gasteiger partial charge in [0, 0.05) is 78.2 Å². The Morgan fingerprint density at radius 2 is 1.58 bits per heavy atom. The maximum absolute atomic E-state index is 13.5. The second kappa shape index (κ2) is 23.4. The molecule has 0 aliphatic carbocycles. The number of benzene rings is 5. The topological polar surface area (TPSA) is 177 Å². The van der Waals surface area contributed by atoms with Crippen LogP contribution in [-0.2, 0) is 21.4 Å². The molecule has 0 saturated carbocycles. The molecular formula is C47H54ClN7O7S2. The fourth-order valence-corrected chi connectivity index (χ4v) is 9.62. The molecule has 14 nitrogen and oxygen atoms in total. The first-order valence-corrected chi connectivity index (χ1v) is 24.1. The summed E-state index contributed by atoms with van der Waals surface area (Å²) in [5.41, 5.74) is 5.95. The zero-order valence-corrected chi connectivity index (χ0v) is 38.1. The van der Waals surface area contributed by atoms with Gasteiger partial charge >= 0.3 is 0 Å². The Balaban J connectivity index is 1.04. The number of rotatable bonds is 22. The largest absolute Gasteiger partial charge is 0.376 e. The van der Waals surface area contributed by atoms with Crippen molar-refractivity contribution in [3.63, 3.8) is 0 Å². The Bertz CT molecular complexity index is 2440. The van der Waals surface area contributed by atoms with Gasteiger partial charge in [0.2, 0.25) is 5.91 Å². The van der Waals surface area contributed by atoms with Gasteiger partial charge in [-0.25, -0.2) is 18.6 Å². The summed E-state index contributed by atoms with van der Waals surface area (Å²) in [7, 11) is -2.49. The van der Waals surface area contributed by atoms with Crippen molar-refractivity contribution in [2.75, 3.05) is 62.3 Å². The normalized spacial score (nSPS) is 13.7. The summed E-state index contributed by atoms with van der Waals surface area (Å²) in [5.74, 6) is -0.675. The molecule has 5 aromatic rings. The van der Waals surface area contributed by atoms with Crippen molar-refractivity contribution < 1.29 is 28.1 Å². The summed E-state index contributed by atoms with van der Waals surface area (Å²) in [6.45, 7) is 5.46. The lowest BCUT2D eigenvalue weighted by atomic mass is 9.99. The van der Waals surface area contributed by atoms with Gasteiger partial charge in [-0.3, -0.25) is 29.8 Å². The van der Waals surface area contributed by atoms with Crippen molar-refractivity contribution >= 4 is 62.3 Å². The minimum Gasteiger partial charge on any atom is -0.376 e. The van der Waals surface area contributed by atoms with Gasteiger partial charge in [-0.2, -0.15) is 0 Å². The number of halogens is 1. The molecule has 1 aliphatic rings. The molecule has 17 heteroatoms. The van der Waals surface area contributed by atoms with E-state index in [1.807, 2.05) is 67.7 Å². The molecule has 5 aromatic carbocycles. The number of hydrogen-bond acceptors (Lipinski definition) is 12. The van der Waals surface area contributed by atoms with Crippen LogP contribution in [0, 0.1) is 10.1 Å². The smallest absolute Gasteiger partial charge is 0.293 e. The van der Waals surface area contributed by atoms with E-state index in [9.17, 15) is 28.1 Å². The van der Waals surface area contributed by atoms with Crippen molar-refractivity contribution in [1.82, 2.24) is 20.0 Å². The van der Waals surface area contributed by atoms with Crippen LogP contribution in [0.5, 0.6) is 0 Å². The molecule has 2 amide bonds. The van der Waals surface area contributed by atoms with E-state index in [4.69, 9.17) is 16.8 Å². The third-order valence-corrected chi connectivity index (χ3v) is 13.9. The highest BCUT2D eigenvalue weighted by atomic mass is 35.5. The maximum atomic E-state index is 13.5. The number of anilines is 2. The van der Waals surface area contributed by atoms with Crippen LogP contribution in [0.25, 0.3) is 11.1 Å². The van der Waals surface area contributed by atoms with E-state index in [1.54, 1.807) is 41.5 Å². The third kappa shape index (κ3) is 14.0. The Hall–Kier alpha value is -5.49. The zero-order valence-electron chi connectivity index (χ0n) is 35.7. The van der Waals surface area contributed by atoms with E-state index < -0.39 is 37.3 Å². The molecule has 0 aromatic heterocycles. The van der Waals surface area contributed by atoms with Crippen LogP contribution in [0.1, 0.15) is 48.0 Å². The number of thioether (sulfide) groups is 1. The molecular weight excluding hydrogens is 874 g/mol. The quantitative estimate of drug-likeness (QED) is 0.0172. The maximum Gasteiger partial charge on any atom is 0.293 e. The lowest BCUT2D eigenvalue weighted by molar-refractivity contribution is -0.384. The number of hydroxylamine groups is 1. The highest BCUT2D eigenvalue weighted by Gasteiger charge is 2.26. The lowest BCUT2D eigenvalue weighted by Crippen LogP contribution is -2.46. The van der Waals surface area contributed by atoms with Gasteiger partial charge < -0.3 is 15.1 Å². The summed E-state index contributed by atoms with van der Waals surface area (Å²) in [6, 6.07) is 36.2. The average molecular weight is 929 g/mol. The second-order valence-electron chi connectivity index (χ2n) is 15.7. The predicted molar refractivity (Wildman–Crippen MR) is 254 cm³/mol. The van der Waals surface area contributed by atoms with Gasteiger partial charge in [0.05, 0.1) is 9.82 Å². The predicted octanol–water partition coefficient (Wildman–Crippen LogP) is 8.32. The molecule has 64 heavy (non-hydrogen) atoms. The zero-order chi connectivity index (χ0) is 45.5. The van der Waals surface area contributed by atoms with E-state index in [2.05, 4.69) is 42.9 Å². The standard InChI is InChI=1S/C47H54ClN7O7S2/c1-52(26-9-3-6-14-46(56)50-58)27-25-39(34-63-41-11-4-2-5-12-41)49-44-24-23-42(32-45(44)55(59)60)64(61,62)51-47(57)36-17-21-40(22-18-36)54-30-28-53(29-31-54)33-37-10-7-8-13-43(37)35-15-19-38(48)20-16-35/h2,4-5,7-8,10-13,15-24,32,39,49,58H,3,6,9,14,25-31,33-34H2,1H3,(H,50,56)(H,51,57). The number of carbonyl (C=O) groups is 2. The van der Waals surface area contributed by atoms with E-state index in [1.165, 1.54) is 23.3 Å². The molecule has 338 valence electrons. The minimum atomic E-state index is -4.48. The number of unbranched alkanes of at least 4 members (excludes halogenated alkanes) is 2. The van der Waals surface area contributed by atoms with Gasteiger partial charge in [0.1, 0.15) is 5.69 Å². The number of piperazine rings is 1. The first-order valence-electron chi connectivity index (χ1n) is 21.2. The van der Waals surface area contributed by atoms with Crippen LogP contribution in [0.2, 0.25) is 5.02 Å². The van der Waals surface area contributed by atoms with Crippen molar-refractivity contribution in [3.05, 3.63) is 148 Å². The molecule has 0 spiro atoms. The van der Waals surface area contributed by atoms with Crippen LogP contribution in [0.15, 0.2) is 131 Å². The SMILES string of the molecule is CN(CCCCCC(=O)NO)CCC(CSc1ccccc1)Nc1ccc(S(=O)(=O)NC(=O)c2ccc(N3CCN(Cc4ccccc4-c4ccc(Cl)cc4)CC3)cc2)cc1[N+](=O)[O-]. The minimum absolute atomic E-state index is 0.135. The number of nitro groups is 1. The Morgan fingerprint density at radius 1 is 0.875 bits per heavy atom. The van der Waals surface area contributed by atoms with Crippen LogP contribution in [0.4, 0.5) is 17.1 Å². The second-order valence-corrected chi connectivity index (χ2v) is 19.0. The molecule has 1 aliphatic heterocycles. The van der Waals surface area contributed by atoms with Crippen molar-refractivity contribution in [1.29, 1.82) is 0 Å². The molecule has 1 fully saturated rings. The highest BCUT2D eigenvalue weighted by molar-refractivity contribution is 7.99. The lowest BCUT2D eigenvalue weighted by Gasteiger charge is -2.36. The van der Waals surface area contributed by atoms with E-state index in [0.717, 1.165) is 74.3 Å². The molecule has 0 bridgehead atoms. The Morgan fingerprint density at radius 3 is 2.28 bits per heavy atom. The van der Waals surface area contributed by atoms with Crippen LogP contribution < -0.4 is 20.4 Å². The van der Waals surface area contributed by atoms with Crippen molar-refractivity contribution in [2.45, 2.75) is 54.5 Å². The van der Waals surface area contributed by atoms with Crippen molar-refractivity contribution in [2.24, 2.45) is 0 Å². The van der Waals surface area contributed by atoms with E-state index in [0.29, 0.717) is 30.2 Å². The van der Waals surface area contributed by atoms with Gasteiger partial charge in [0.25, 0.3) is 21.6 Å². The number of nitrogens with zero attached hydrogens (tertiary/aromatic N) is 4. The molecule has 6 rings (SSSR count).